The quantitative estimate of drug-likeness (QED) is 0.624. The fourth-order valence-corrected chi connectivity index (χ4v) is 3.52. The van der Waals surface area contributed by atoms with Crippen molar-refractivity contribution in [3.8, 4) is 6.07 Å². The molecule has 1 unspecified atom stereocenters. The van der Waals surface area contributed by atoms with Gasteiger partial charge in [0.1, 0.15) is 11.4 Å². The molecule has 0 N–H and O–H groups in total. The summed E-state index contributed by atoms with van der Waals surface area (Å²) in [4.78, 5) is 0. The first kappa shape index (κ1) is 19.6. The molecule has 25 heavy (non-hydrogen) atoms. The molecule has 1 aliphatic rings. The molecular weight excluding hydrogens is 381 g/mol. The van der Waals surface area contributed by atoms with E-state index in [0.717, 1.165) is 36.0 Å². The molecule has 0 saturated carbocycles. The Bertz CT molecular complexity index is 766. The van der Waals surface area contributed by atoms with E-state index in [0.29, 0.717) is 18.1 Å². The highest BCUT2D eigenvalue weighted by molar-refractivity contribution is 8.93. The number of nitriles is 1. The molecule has 0 aromatic heterocycles. The third kappa shape index (κ3) is 3.94. The fraction of sp³-hybridized carbons (Fsp3) is 0.381. The lowest BCUT2D eigenvalue weighted by molar-refractivity contribution is -0.0138. The van der Waals surface area contributed by atoms with E-state index in [-0.39, 0.29) is 22.8 Å². The van der Waals surface area contributed by atoms with E-state index >= 15 is 0 Å². The molecule has 1 heterocycles. The Labute approximate surface area is 159 Å². The number of rotatable bonds is 5. The van der Waals surface area contributed by atoms with Gasteiger partial charge in [-0.05, 0) is 59.7 Å². The molecule has 3 rings (SSSR count). The van der Waals surface area contributed by atoms with Crippen LogP contribution in [0.2, 0.25) is 0 Å². The maximum Gasteiger partial charge on any atom is 0.123 e. The Hall–Kier alpha value is -1.70. The smallest absolute Gasteiger partial charge is 0.123 e. The van der Waals surface area contributed by atoms with Crippen molar-refractivity contribution >= 4 is 17.0 Å². The van der Waals surface area contributed by atoms with Crippen LogP contribution >= 0.6 is 17.0 Å². The van der Waals surface area contributed by atoms with Gasteiger partial charge in [-0.15, -0.1) is 17.0 Å². The molecule has 2 aromatic carbocycles. The van der Waals surface area contributed by atoms with E-state index in [2.05, 4.69) is 19.9 Å². The van der Waals surface area contributed by atoms with Crippen LogP contribution in [0, 0.1) is 23.1 Å². The number of hydrogen-bond acceptors (Lipinski definition) is 2. The largest absolute Gasteiger partial charge is 0.361 e. The summed E-state index contributed by atoms with van der Waals surface area (Å²) in [6.45, 7) is 4.92. The molecular formula is C21H23BrFNO. The minimum atomic E-state index is -0.536. The Morgan fingerprint density at radius 1 is 1.20 bits per heavy atom. The summed E-state index contributed by atoms with van der Waals surface area (Å²) >= 11 is 0. The van der Waals surface area contributed by atoms with Gasteiger partial charge in [-0.1, -0.05) is 38.5 Å². The molecule has 1 atom stereocenters. The van der Waals surface area contributed by atoms with E-state index < -0.39 is 5.60 Å². The molecule has 2 nitrogen and oxygen atoms in total. The summed E-state index contributed by atoms with van der Waals surface area (Å²) in [7, 11) is 0. The van der Waals surface area contributed by atoms with E-state index in [9.17, 15) is 4.39 Å². The van der Waals surface area contributed by atoms with Crippen LogP contribution in [0.5, 0.6) is 0 Å². The predicted molar refractivity (Wildman–Crippen MR) is 102 cm³/mol. The second kappa shape index (κ2) is 8.12. The van der Waals surface area contributed by atoms with E-state index in [4.69, 9.17) is 10.00 Å². The Balaban J connectivity index is 0.00000225. The number of benzene rings is 2. The highest BCUT2D eigenvalue weighted by atomic mass is 79.9. The summed E-state index contributed by atoms with van der Waals surface area (Å²) in [5.74, 6) is 0.395. The molecule has 4 heteroatoms. The van der Waals surface area contributed by atoms with Crippen LogP contribution in [0.15, 0.2) is 42.5 Å². The molecule has 0 saturated heterocycles. The lowest BCUT2D eigenvalue weighted by Gasteiger charge is -2.31. The van der Waals surface area contributed by atoms with Crippen LogP contribution in [0.4, 0.5) is 4.39 Å². The molecule has 0 spiro atoms. The minimum absolute atomic E-state index is 0. The molecule has 132 valence electrons. The summed E-state index contributed by atoms with van der Waals surface area (Å²) in [5.41, 5.74) is 3.26. The summed E-state index contributed by atoms with van der Waals surface area (Å²) in [5, 5.41) is 9.12. The number of hydrogen-bond donors (Lipinski definition) is 0. The zero-order chi connectivity index (χ0) is 17.2. The first-order valence-corrected chi connectivity index (χ1v) is 8.48. The van der Waals surface area contributed by atoms with Gasteiger partial charge >= 0.3 is 0 Å². The third-order valence-corrected chi connectivity index (χ3v) is 4.76. The van der Waals surface area contributed by atoms with Crippen molar-refractivity contribution in [3.05, 3.63) is 70.5 Å². The summed E-state index contributed by atoms with van der Waals surface area (Å²) in [6, 6.07) is 14.5. The van der Waals surface area contributed by atoms with Gasteiger partial charge in [0.25, 0.3) is 0 Å². The van der Waals surface area contributed by atoms with E-state index in [1.807, 2.05) is 30.3 Å². The molecule has 1 aliphatic heterocycles. The lowest BCUT2D eigenvalue weighted by Crippen LogP contribution is -2.27. The van der Waals surface area contributed by atoms with Crippen molar-refractivity contribution in [1.29, 1.82) is 5.26 Å². The van der Waals surface area contributed by atoms with Crippen molar-refractivity contribution in [3.63, 3.8) is 0 Å². The van der Waals surface area contributed by atoms with Crippen molar-refractivity contribution in [2.45, 2.75) is 45.3 Å². The SMILES string of the molecule is Br.CC(C)CCCC1(c2ccc(F)cc2)OCc2cc(C#N)ccc21. The van der Waals surface area contributed by atoms with E-state index in [1.165, 1.54) is 12.1 Å². The van der Waals surface area contributed by atoms with Gasteiger partial charge in [0, 0.05) is 0 Å². The molecule has 0 bridgehead atoms. The van der Waals surface area contributed by atoms with Gasteiger partial charge in [-0.2, -0.15) is 5.26 Å². The number of nitrogens with zero attached hydrogens (tertiary/aromatic N) is 1. The highest BCUT2D eigenvalue weighted by Gasteiger charge is 2.41. The maximum absolute atomic E-state index is 13.4. The van der Waals surface area contributed by atoms with Crippen LogP contribution in [0.1, 0.15) is 55.4 Å². The zero-order valence-electron chi connectivity index (χ0n) is 14.6. The second-order valence-corrected chi connectivity index (χ2v) is 6.89. The average Bonchev–Trinajstić information content (AvgIpc) is 2.94. The number of ether oxygens (including phenoxy) is 1. The zero-order valence-corrected chi connectivity index (χ0v) is 16.3. The van der Waals surface area contributed by atoms with Gasteiger partial charge in [-0.3, -0.25) is 0 Å². The van der Waals surface area contributed by atoms with Gasteiger partial charge in [0.05, 0.1) is 18.2 Å². The molecule has 0 aliphatic carbocycles. The lowest BCUT2D eigenvalue weighted by atomic mass is 9.81. The van der Waals surface area contributed by atoms with Crippen molar-refractivity contribution in [2.24, 2.45) is 5.92 Å². The van der Waals surface area contributed by atoms with Crippen molar-refractivity contribution < 1.29 is 9.13 Å². The first-order valence-electron chi connectivity index (χ1n) is 8.48. The number of halogens is 2. The monoisotopic (exact) mass is 403 g/mol. The predicted octanol–water partition coefficient (Wildman–Crippen LogP) is 5.88. The van der Waals surface area contributed by atoms with Crippen LogP contribution in [0.25, 0.3) is 0 Å². The van der Waals surface area contributed by atoms with Crippen LogP contribution in [-0.4, -0.2) is 0 Å². The van der Waals surface area contributed by atoms with Gasteiger partial charge in [0.15, 0.2) is 0 Å². The maximum atomic E-state index is 13.4. The van der Waals surface area contributed by atoms with Crippen LogP contribution in [-0.2, 0) is 16.9 Å². The van der Waals surface area contributed by atoms with E-state index in [1.54, 1.807) is 0 Å². The summed E-state index contributed by atoms with van der Waals surface area (Å²) < 4.78 is 19.7. The standard InChI is InChI=1S/C21H22FNO.BrH/c1-15(2)4-3-11-21(18-6-8-19(22)9-7-18)20-10-5-16(13-23)12-17(20)14-24-21;/h5-10,12,15H,3-4,11,14H2,1-2H3;1H. The summed E-state index contributed by atoms with van der Waals surface area (Å²) in [6.07, 6.45) is 3.02. The van der Waals surface area contributed by atoms with Gasteiger partial charge in [-0.25, -0.2) is 4.39 Å². The normalized spacial score (nSPS) is 18.5. The number of fused-ring (bicyclic) bond motifs is 1. The molecule has 0 amide bonds. The average molecular weight is 404 g/mol. The first-order chi connectivity index (χ1) is 11.5. The second-order valence-electron chi connectivity index (χ2n) is 6.89. The third-order valence-electron chi connectivity index (χ3n) is 4.76. The van der Waals surface area contributed by atoms with Crippen molar-refractivity contribution in [2.75, 3.05) is 0 Å². The fourth-order valence-electron chi connectivity index (χ4n) is 3.52. The molecule has 0 fully saturated rings. The molecule has 2 aromatic rings. The molecule has 0 radical (unpaired) electrons. The Kier molecular flexibility index (Phi) is 6.37. The Morgan fingerprint density at radius 3 is 2.56 bits per heavy atom. The minimum Gasteiger partial charge on any atom is -0.361 e. The topological polar surface area (TPSA) is 33.0 Å². The van der Waals surface area contributed by atoms with Crippen LogP contribution in [0.3, 0.4) is 0 Å². The van der Waals surface area contributed by atoms with Gasteiger partial charge in [0.2, 0.25) is 0 Å². The van der Waals surface area contributed by atoms with Gasteiger partial charge < -0.3 is 4.74 Å². The highest BCUT2D eigenvalue weighted by Crippen LogP contribution is 2.46. The van der Waals surface area contributed by atoms with Crippen LogP contribution < -0.4 is 0 Å². The van der Waals surface area contributed by atoms with Crippen molar-refractivity contribution in [1.82, 2.24) is 0 Å². The Morgan fingerprint density at radius 2 is 1.92 bits per heavy atom.